The fraction of sp³-hybridized carbons (Fsp3) is 0.500. The first-order chi connectivity index (χ1) is 8.09. The second-order valence-electron chi connectivity index (χ2n) is 4.56. The minimum atomic E-state index is 0.0282. The van der Waals surface area contributed by atoms with Gasteiger partial charge in [0, 0.05) is 24.0 Å². The number of rotatable bonds is 4. The average Bonchev–Trinajstić information content (AvgIpc) is 2.86. The number of nitrogens with zero attached hydrogens (tertiary/aromatic N) is 4. The van der Waals surface area contributed by atoms with Crippen molar-refractivity contribution in [1.82, 2.24) is 19.3 Å². The molecule has 2 aromatic rings. The fourth-order valence-corrected chi connectivity index (χ4v) is 1.96. The summed E-state index contributed by atoms with van der Waals surface area (Å²) in [5.41, 5.74) is 7.04. The van der Waals surface area contributed by atoms with E-state index in [4.69, 9.17) is 5.73 Å². The van der Waals surface area contributed by atoms with E-state index in [2.05, 4.69) is 28.5 Å². The molecule has 5 nitrogen and oxygen atoms in total. The minimum Gasteiger partial charge on any atom is -0.342 e. The van der Waals surface area contributed by atoms with E-state index in [1.807, 2.05) is 29.9 Å². The predicted molar refractivity (Wildman–Crippen MR) is 66.5 cm³/mol. The van der Waals surface area contributed by atoms with Crippen molar-refractivity contribution in [2.24, 2.45) is 5.73 Å². The molecular formula is C12H19N5. The van der Waals surface area contributed by atoms with E-state index < -0.39 is 0 Å². The van der Waals surface area contributed by atoms with E-state index in [0.29, 0.717) is 12.6 Å². The molecule has 17 heavy (non-hydrogen) atoms. The van der Waals surface area contributed by atoms with Crippen molar-refractivity contribution in [1.29, 1.82) is 0 Å². The van der Waals surface area contributed by atoms with Gasteiger partial charge in [-0.1, -0.05) is 0 Å². The van der Waals surface area contributed by atoms with Crippen LogP contribution in [0.15, 0.2) is 24.7 Å². The first kappa shape index (κ1) is 11.9. The Balaban J connectivity index is 2.25. The van der Waals surface area contributed by atoms with E-state index in [9.17, 15) is 0 Å². The van der Waals surface area contributed by atoms with Gasteiger partial charge < -0.3 is 10.3 Å². The molecule has 2 N–H and O–H groups in total. The Bertz CT molecular complexity index is 436. The highest BCUT2D eigenvalue weighted by atomic mass is 15.4. The first-order valence-corrected chi connectivity index (χ1v) is 5.88. The molecule has 0 spiro atoms. The number of hydrogen-bond donors (Lipinski definition) is 1. The van der Waals surface area contributed by atoms with Crippen LogP contribution < -0.4 is 5.73 Å². The summed E-state index contributed by atoms with van der Waals surface area (Å²) in [6, 6.07) is 4.40. The molecule has 0 bridgehead atoms. The standard InChI is InChI=1S/C12H19N5/c1-9(2)17-12(14-8-15-17)7-16-6-4-5-11(16)10(3)13/h4-6,8-10H,7,13H2,1-3H3. The van der Waals surface area contributed by atoms with Crippen LogP contribution in [-0.2, 0) is 6.54 Å². The maximum absolute atomic E-state index is 5.92. The third-order valence-corrected chi connectivity index (χ3v) is 2.78. The van der Waals surface area contributed by atoms with Gasteiger partial charge in [-0.2, -0.15) is 5.10 Å². The van der Waals surface area contributed by atoms with E-state index in [1.165, 1.54) is 0 Å². The normalized spacial score (nSPS) is 13.2. The molecule has 0 saturated heterocycles. The summed E-state index contributed by atoms with van der Waals surface area (Å²) >= 11 is 0. The van der Waals surface area contributed by atoms with Crippen molar-refractivity contribution in [3.8, 4) is 0 Å². The summed E-state index contributed by atoms with van der Waals surface area (Å²) in [5, 5.41) is 4.23. The van der Waals surface area contributed by atoms with Crippen LogP contribution in [0.3, 0.4) is 0 Å². The molecule has 0 saturated carbocycles. The second kappa shape index (κ2) is 4.71. The Hall–Kier alpha value is -1.62. The molecule has 1 unspecified atom stereocenters. The Morgan fingerprint density at radius 3 is 2.76 bits per heavy atom. The fourth-order valence-electron chi connectivity index (χ4n) is 1.96. The Labute approximate surface area is 101 Å². The molecule has 0 aliphatic rings. The third-order valence-electron chi connectivity index (χ3n) is 2.78. The van der Waals surface area contributed by atoms with Gasteiger partial charge in [0.15, 0.2) is 0 Å². The molecule has 5 heteroatoms. The summed E-state index contributed by atoms with van der Waals surface area (Å²) in [7, 11) is 0. The lowest BCUT2D eigenvalue weighted by Crippen LogP contribution is -2.16. The molecule has 92 valence electrons. The van der Waals surface area contributed by atoms with Crippen LogP contribution in [0, 0.1) is 0 Å². The van der Waals surface area contributed by atoms with Gasteiger partial charge in [-0.3, -0.25) is 0 Å². The van der Waals surface area contributed by atoms with Crippen LogP contribution >= 0.6 is 0 Å². The Morgan fingerprint density at radius 2 is 2.12 bits per heavy atom. The van der Waals surface area contributed by atoms with Crippen molar-refractivity contribution in [2.45, 2.75) is 39.4 Å². The van der Waals surface area contributed by atoms with Gasteiger partial charge in [-0.15, -0.1) is 0 Å². The summed E-state index contributed by atoms with van der Waals surface area (Å²) in [5.74, 6) is 0.957. The van der Waals surface area contributed by atoms with Crippen LogP contribution in [0.4, 0.5) is 0 Å². The monoisotopic (exact) mass is 233 g/mol. The lowest BCUT2D eigenvalue weighted by Gasteiger charge is -2.13. The molecule has 2 rings (SSSR count). The summed E-state index contributed by atoms with van der Waals surface area (Å²) in [4.78, 5) is 4.30. The van der Waals surface area contributed by atoms with E-state index >= 15 is 0 Å². The molecule has 0 amide bonds. The summed E-state index contributed by atoms with van der Waals surface area (Å²) < 4.78 is 4.05. The van der Waals surface area contributed by atoms with Crippen LogP contribution in [0.5, 0.6) is 0 Å². The van der Waals surface area contributed by atoms with E-state index in [-0.39, 0.29) is 6.04 Å². The van der Waals surface area contributed by atoms with Crippen molar-refractivity contribution in [2.75, 3.05) is 0 Å². The van der Waals surface area contributed by atoms with Gasteiger partial charge >= 0.3 is 0 Å². The smallest absolute Gasteiger partial charge is 0.147 e. The van der Waals surface area contributed by atoms with Gasteiger partial charge in [0.05, 0.1) is 6.54 Å². The molecule has 2 heterocycles. The Morgan fingerprint density at radius 1 is 1.35 bits per heavy atom. The zero-order valence-electron chi connectivity index (χ0n) is 10.5. The van der Waals surface area contributed by atoms with E-state index in [0.717, 1.165) is 11.5 Å². The number of nitrogens with two attached hydrogens (primary N) is 1. The van der Waals surface area contributed by atoms with Crippen LogP contribution in [0.2, 0.25) is 0 Å². The zero-order chi connectivity index (χ0) is 12.4. The summed E-state index contributed by atoms with van der Waals surface area (Å²) in [6.45, 7) is 6.89. The lowest BCUT2D eigenvalue weighted by atomic mass is 10.2. The molecule has 0 radical (unpaired) electrons. The topological polar surface area (TPSA) is 61.7 Å². The first-order valence-electron chi connectivity index (χ1n) is 5.88. The molecule has 0 aromatic carbocycles. The Kier molecular flexibility index (Phi) is 3.28. The highest BCUT2D eigenvalue weighted by molar-refractivity contribution is 5.12. The largest absolute Gasteiger partial charge is 0.342 e. The minimum absolute atomic E-state index is 0.0282. The average molecular weight is 233 g/mol. The van der Waals surface area contributed by atoms with Crippen molar-refractivity contribution < 1.29 is 0 Å². The van der Waals surface area contributed by atoms with Crippen molar-refractivity contribution >= 4 is 0 Å². The second-order valence-corrected chi connectivity index (χ2v) is 4.56. The lowest BCUT2D eigenvalue weighted by molar-refractivity contribution is 0.492. The van der Waals surface area contributed by atoms with Gasteiger partial charge in [0.1, 0.15) is 12.2 Å². The molecule has 2 aromatic heterocycles. The van der Waals surface area contributed by atoms with Crippen LogP contribution in [-0.4, -0.2) is 19.3 Å². The molecule has 0 aliphatic carbocycles. The van der Waals surface area contributed by atoms with Gasteiger partial charge in [0.2, 0.25) is 0 Å². The van der Waals surface area contributed by atoms with Gasteiger partial charge in [-0.05, 0) is 32.9 Å². The maximum Gasteiger partial charge on any atom is 0.147 e. The van der Waals surface area contributed by atoms with Crippen molar-refractivity contribution in [3.63, 3.8) is 0 Å². The van der Waals surface area contributed by atoms with E-state index in [1.54, 1.807) is 6.33 Å². The molecule has 0 fully saturated rings. The maximum atomic E-state index is 5.92. The van der Waals surface area contributed by atoms with Gasteiger partial charge in [0.25, 0.3) is 0 Å². The summed E-state index contributed by atoms with van der Waals surface area (Å²) in [6.07, 6.45) is 3.63. The number of aromatic nitrogens is 4. The van der Waals surface area contributed by atoms with Crippen molar-refractivity contribution in [3.05, 3.63) is 36.2 Å². The third kappa shape index (κ3) is 2.39. The molecule has 0 aliphatic heterocycles. The van der Waals surface area contributed by atoms with Crippen LogP contribution in [0.1, 0.15) is 44.4 Å². The van der Waals surface area contributed by atoms with Crippen LogP contribution in [0.25, 0.3) is 0 Å². The SMILES string of the molecule is CC(N)c1cccn1Cc1ncnn1C(C)C. The molecular weight excluding hydrogens is 214 g/mol. The molecule has 1 atom stereocenters. The van der Waals surface area contributed by atoms with Gasteiger partial charge in [-0.25, -0.2) is 9.67 Å². The highest BCUT2D eigenvalue weighted by Gasteiger charge is 2.11. The zero-order valence-corrected chi connectivity index (χ0v) is 10.5. The highest BCUT2D eigenvalue weighted by Crippen LogP contribution is 2.13. The number of hydrogen-bond acceptors (Lipinski definition) is 3. The predicted octanol–water partition coefficient (Wildman–Crippen LogP) is 1.73. The quantitative estimate of drug-likeness (QED) is 0.874.